The molecule has 4 aromatic rings. The van der Waals surface area contributed by atoms with Gasteiger partial charge < -0.3 is 20.3 Å². The van der Waals surface area contributed by atoms with E-state index in [-0.39, 0.29) is 36.5 Å². The summed E-state index contributed by atoms with van der Waals surface area (Å²) in [6.07, 6.45) is 1.55. The molecule has 1 saturated carbocycles. The maximum atomic E-state index is 14.0. The van der Waals surface area contributed by atoms with Gasteiger partial charge in [-0.3, -0.25) is 9.20 Å². The normalized spacial score (nSPS) is 21.7. The third-order valence-electron chi connectivity index (χ3n) is 6.38. The van der Waals surface area contributed by atoms with E-state index in [0.29, 0.717) is 16.3 Å². The van der Waals surface area contributed by atoms with Crippen LogP contribution in [0.15, 0.2) is 42.7 Å². The molecule has 3 N–H and O–H groups in total. The minimum Gasteiger partial charge on any atom is -0.485 e. The number of imidazole rings is 1. The van der Waals surface area contributed by atoms with Crippen molar-refractivity contribution in [2.75, 3.05) is 0 Å². The quantitative estimate of drug-likeness (QED) is 0.364. The van der Waals surface area contributed by atoms with Crippen LogP contribution in [0.2, 0.25) is 0 Å². The Morgan fingerprint density at radius 2 is 1.89 bits per heavy atom. The fourth-order valence-electron chi connectivity index (χ4n) is 4.61. The first-order chi connectivity index (χ1) is 17.2. The van der Waals surface area contributed by atoms with Crippen molar-refractivity contribution in [1.82, 2.24) is 19.7 Å². The number of thiazole rings is 1. The highest BCUT2D eigenvalue weighted by atomic mass is 32.1. The Kier molecular flexibility index (Phi) is 6.23. The van der Waals surface area contributed by atoms with Gasteiger partial charge in [-0.1, -0.05) is 6.07 Å². The summed E-state index contributed by atoms with van der Waals surface area (Å²) >= 11 is 1.39. The number of ether oxygens (including phenoxy) is 1. The summed E-state index contributed by atoms with van der Waals surface area (Å²) in [6, 6.07) is 6.83. The van der Waals surface area contributed by atoms with E-state index in [1.54, 1.807) is 35.9 Å². The number of aryl methyl sites for hydroxylation is 2. The molecule has 3 heterocycles. The van der Waals surface area contributed by atoms with Crippen LogP contribution in [0.1, 0.15) is 44.5 Å². The first-order valence-electron chi connectivity index (χ1n) is 11.3. The number of halogens is 2. The number of hydrogen-bond acceptors (Lipinski definition) is 7. The second-order valence-corrected chi connectivity index (χ2v) is 10.2. The fraction of sp³-hybridized carbons (Fsp3) is 0.320. The van der Waals surface area contributed by atoms with Crippen molar-refractivity contribution in [3.63, 3.8) is 0 Å². The standard InChI is InChI=1S/C25H24F2N4O4S/c1-13-11-28-24(36-13)25(9-18(32)19(33)10-25)30-23(34)21-14(2)29-22-20(7-4-8-31(21)22)35-12-15-16(26)5-3-6-17(15)27/h3-8,11,18-19,32-33H,9-10,12H2,1-2H3,(H,30,34)/t18-,19+,25+. The van der Waals surface area contributed by atoms with Crippen molar-refractivity contribution >= 4 is 22.9 Å². The molecule has 1 aliphatic carbocycles. The third-order valence-corrected chi connectivity index (χ3v) is 7.50. The summed E-state index contributed by atoms with van der Waals surface area (Å²) in [6.45, 7) is 3.20. The molecule has 1 aromatic carbocycles. The molecule has 1 aliphatic rings. The number of pyridine rings is 1. The molecule has 5 rings (SSSR count). The van der Waals surface area contributed by atoms with Gasteiger partial charge in [0.15, 0.2) is 11.4 Å². The zero-order chi connectivity index (χ0) is 25.6. The Morgan fingerprint density at radius 3 is 2.53 bits per heavy atom. The van der Waals surface area contributed by atoms with Crippen LogP contribution in [-0.2, 0) is 12.1 Å². The summed E-state index contributed by atoms with van der Waals surface area (Å²) in [4.78, 5) is 23.4. The molecule has 11 heteroatoms. The summed E-state index contributed by atoms with van der Waals surface area (Å²) in [5.74, 6) is -1.65. The zero-order valence-corrected chi connectivity index (χ0v) is 20.4. The minimum atomic E-state index is -1.04. The first kappa shape index (κ1) is 24.3. The van der Waals surface area contributed by atoms with Crippen LogP contribution in [-0.4, -0.2) is 42.7 Å². The predicted molar refractivity (Wildman–Crippen MR) is 128 cm³/mol. The number of fused-ring (bicyclic) bond motifs is 1. The SMILES string of the molecule is Cc1cnc([C@]2(NC(=O)c3c(C)nc4c(OCc5c(F)cccc5F)cccn34)C[C@@H](O)[C@@H](O)C2)s1. The van der Waals surface area contributed by atoms with Crippen LogP contribution in [0.3, 0.4) is 0 Å². The van der Waals surface area contributed by atoms with E-state index in [0.717, 1.165) is 17.0 Å². The Labute approximate surface area is 209 Å². The number of hydrogen-bond donors (Lipinski definition) is 3. The lowest BCUT2D eigenvalue weighted by Gasteiger charge is -2.28. The number of aliphatic hydroxyl groups is 2. The maximum Gasteiger partial charge on any atom is 0.270 e. The second-order valence-electron chi connectivity index (χ2n) is 8.96. The van der Waals surface area contributed by atoms with E-state index < -0.39 is 35.3 Å². The van der Waals surface area contributed by atoms with Crippen LogP contribution in [0, 0.1) is 25.5 Å². The Bertz CT molecular complexity index is 1420. The largest absolute Gasteiger partial charge is 0.485 e. The molecule has 188 valence electrons. The monoisotopic (exact) mass is 514 g/mol. The number of carbonyl (C=O) groups is 1. The molecule has 0 bridgehead atoms. The summed E-state index contributed by atoms with van der Waals surface area (Å²) in [7, 11) is 0. The van der Waals surface area contributed by atoms with Crippen molar-refractivity contribution in [2.24, 2.45) is 0 Å². The number of amides is 1. The van der Waals surface area contributed by atoms with Gasteiger partial charge in [0.1, 0.15) is 28.9 Å². The van der Waals surface area contributed by atoms with Gasteiger partial charge in [0.25, 0.3) is 5.91 Å². The highest BCUT2D eigenvalue weighted by Gasteiger charge is 2.48. The van der Waals surface area contributed by atoms with E-state index in [2.05, 4.69) is 15.3 Å². The van der Waals surface area contributed by atoms with E-state index in [9.17, 15) is 23.8 Å². The molecule has 1 fully saturated rings. The topological polar surface area (TPSA) is 109 Å². The predicted octanol–water partition coefficient (Wildman–Crippen LogP) is 3.41. The molecule has 0 radical (unpaired) electrons. The molecule has 0 saturated heterocycles. The number of nitrogens with zero attached hydrogens (tertiary/aromatic N) is 3. The van der Waals surface area contributed by atoms with E-state index in [4.69, 9.17) is 4.74 Å². The average molecular weight is 515 g/mol. The van der Waals surface area contributed by atoms with E-state index in [1.807, 2.05) is 6.92 Å². The van der Waals surface area contributed by atoms with Crippen molar-refractivity contribution in [2.45, 2.75) is 51.0 Å². The van der Waals surface area contributed by atoms with E-state index >= 15 is 0 Å². The van der Waals surface area contributed by atoms with Crippen molar-refractivity contribution in [3.8, 4) is 5.75 Å². The first-order valence-corrected chi connectivity index (χ1v) is 12.1. The van der Waals surface area contributed by atoms with Crippen molar-refractivity contribution in [1.29, 1.82) is 0 Å². The average Bonchev–Trinajstić information content (AvgIpc) is 3.49. The molecule has 36 heavy (non-hydrogen) atoms. The van der Waals surface area contributed by atoms with Crippen LogP contribution in [0.5, 0.6) is 5.75 Å². The number of benzene rings is 1. The highest BCUT2D eigenvalue weighted by Crippen LogP contribution is 2.41. The Balaban J connectivity index is 1.47. The molecule has 3 aromatic heterocycles. The highest BCUT2D eigenvalue weighted by molar-refractivity contribution is 7.11. The lowest BCUT2D eigenvalue weighted by molar-refractivity contribution is 0.0438. The lowest BCUT2D eigenvalue weighted by Crippen LogP contribution is -2.45. The number of carbonyl (C=O) groups excluding carboxylic acids is 1. The minimum absolute atomic E-state index is 0.116. The summed E-state index contributed by atoms with van der Waals surface area (Å²) < 4.78 is 35.3. The molecule has 0 spiro atoms. The van der Waals surface area contributed by atoms with Crippen LogP contribution >= 0.6 is 11.3 Å². The summed E-state index contributed by atoms with van der Waals surface area (Å²) in [5, 5.41) is 24.2. The number of nitrogens with one attached hydrogen (secondary N) is 1. The molecule has 0 aliphatic heterocycles. The van der Waals surface area contributed by atoms with Gasteiger partial charge in [0.2, 0.25) is 0 Å². The van der Waals surface area contributed by atoms with Crippen LogP contribution < -0.4 is 10.1 Å². The zero-order valence-electron chi connectivity index (χ0n) is 19.5. The summed E-state index contributed by atoms with van der Waals surface area (Å²) in [5.41, 5.74) is -0.300. The molecule has 3 atom stereocenters. The molecule has 1 amide bonds. The van der Waals surface area contributed by atoms with Gasteiger partial charge in [0, 0.05) is 30.1 Å². The Morgan fingerprint density at radius 1 is 1.19 bits per heavy atom. The number of aromatic nitrogens is 3. The molecular weight excluding hydrogens is 490 g/mol. The molecule has 0 unspecified atom stereocenters. The number of aliphatic hydroxyl groups excluding tert-OH is 2. The van der Waals surface area contributed by atoms with Crippen LogP contribution in [0.4, 0.5) is 8.78 Å². The van der Waals surface area contributed by atoms with Gasteiger partial charge in [-0.2, -0.15) is 0 Å². The molecular formula is C25H24F2N4O4S. The third kappa shape index (κ3) is 4.23. The van der Waals surface area contributed by atoms with Gasteiger partial charge >= 0.3 is 0 Å². The second kappa shape index (κ2) is 9.23. The van der Waals surface area contributed by atoms with Gasteiger partial charge in [-0.15, -0.1) is 11.3 Å². The van der Waals surface area contributed by atoms with Crippen molar-refractivity contribution < 1.29 is 28.5 Å². The fourth-order valence-corrected chi connectivity index (χ4v) is 5.54. The maximum absolute atomic E-state index is 14.0. The molecule has 8 nitrogen and oxygen atoms in total. The lowest BCUT2D eigenvalue weighted by atomic mass is 9.97. The number of rotatable bonds is 6. The van der Waals surface area contributed by atoms with Gasteiger partial charge in [0.05, 0.1) is 29.0 Å². The smallest absolute Gasteiger partial charge is 0.270 e. The van der Waals surface area contributed by atoms with Crippen LogP contribution in [0.25, 0.3) is 5.65 Å². The van der Waals surface area contributed by atoms with E-state index in [1.165, 1.54) is 17.4 Å². The van der Waals surface area contributed by atoms with Gasteiger partial charge in [-0.25, -0.2) is 18.7 Å². The van der Waals surface area contributed by atoms with Gasteiger partial charge in [-0.05, 0) is 38.1 Å². The Hall–Kier alpha value is -3.41. The van der Waals surface area contributed by atoms with Crippen molar-refractivity contribution in [3.05, 3.63) is 81.2 Å².